The first-order chi connectivity index (χ1) is 10.6. The number of hydrogen-bond donors (Lipinski definition) is 1. The minimum Gasteiger partial charge on any atom is -0.385 e. The first-order valence-corrected chi connectivity index (χ1v) is 7.09. The summed E-state index contributed by atoms with van der Waals surface area (Å²) in [5.41, 5.74) is 1.42. The second-order valence-electron chi connectivity index (χ2n) is 5.46. The van der Waals surface area contributed by atoms with Crippen LogP contribution in [-0.2, 0) is 12.0 Å². The van der Waals surface area contributed by atoms with Gasteiger partial charge in [-0.3, -0.25) is 4.98 Å². The average molecular weight is 295 g/mol. The number of pyridine rings is 1. The highest BCUT2D eigenvalue weighted by atomic mass is 16.5. The van der Waals surface area contributed by atoms with Crippen molar-refractivity contribution in [2.45, 2.75) is 25.9 Å². The first-order valence-electron chi connectivity index (χ1n) is 7.09. The van der Waals surface area contributed by atoms with Crippen LogP contribution in [0.2, 0.25) is 0 Å². The van der Waals surface area contributed by atoms with Gasteiger partial charge >= 0.3 is 0 Å². The van der Waals surface area contributed by atoms with Gasteiger partial charge in [0.1, 0.15) is 0 Å². The number of aliphatic hydroxyl groups is 1. The molecule has 0 fully saturated rings. The number of aromatic nitrogens is 3. The van der Waals surface area contributed by atoms with Gasteiger partial charge in [-0.05, 0) is 31.5 Å². The van der Waals surface area contributed by atoms with Crippen LogP contribution in [0.5, 0.6) is 0 Å². The lowest BCUT2D eigenvalue weighted by Crippen LogP contribution is -2.24. The third-order valence-corrected chi connectivity index (χ3v) is 3.61. The predicted molar refractivity (Wildman–Crippen MR) is 82.0 cm³/mol. The van der Waals surface area contributed by atoms with Crippen molar-refractivity contribution in [2.24, 2.45) is 0 Å². The van der Waals surface area contributed by atoms with Gasteiger partial charge in [-0.2, -0.15) is 4.98 Å². The van der Waals surface area contributed by atoms with Gasteiger partial charge in [0.05, 0.1) is 12.0 Å². The Hall–Kier alpha value is -2.53. The van der Waals surface area contributed by atoms with E-state index in [2.05, 4.69) is 15.1 Å². The maximum absolute atomic E-state index is 10.6. The molecule has 2 heterocycles. The molecule has 0 aliphatic rings. The smallest absolute Gasteiger partial charge is 0.230 e. The molecule has 0 radical (unpaired) electrons. The summed E-state index contributed by atoms with van der Waals surface area (Å²) in [7, 11) is 0. The van der Waals surface area contributed by atoms with Crippen molar-refractivity contribution >= 4 is 0 Å². The molecule has 3 rings (SSSR count). The monoisotopic (exact) mass is 295 g/mol. The number of nitrogens with zero attached hydrogens (tertiary/aromatic N) is 3. The number of hydrogen-bond acceptors (Lipinski definition) is 5. The molecule has 1 aromatic carbocycles. The van der Waals surface area contributed by atoms with E-state index in [0.29, 0.717) is 11.7 Å². The SMILES string of the molecule is Cc1ncccc1-c1noc(CC(C)(O)c2ccccc2)n1. The molecule has 0 spiro atoms. The lowest BCUT2D eigenvalue weighted by atomic mass is 9.93. The highest BCUT2D eigenvalue weighted by molar-refractivity contribution is 5.56. The van der Waals surface area contributed by atoms with Gasteiger partial charge in [-0.25, -0.2) is 0 Å². The van der Waals surface area contributed by atoms with E-state index in [1.54, 1.807) is 13.1 Å². The van der Waals surface area contributed by atoms with Crippen molar-refractivity contribution in [3.8, 4) is 11.4 Å². The molecule has 3 aromatic rings. The van der Waals surface area contributed by atoms with E-state index < -0.39 is 5.60 Å². The van der Waals surface area contributed by atoms with Crippen molar-refractivity contribution in [3.05, 3.63) is 65.8 Å². The van der Waals surface area contributed by atoms with E-state index in [0.717, 1.165) is 16.8 Å². The fourth-order valence-electron chi connectivity index (χ4n) is 2.35. The third-order valence-electron chi connectivity index (χ3n) is 3.61. The Morgan fingerprint density at radius 2 is 1.91 bits per heavy atom. The maximum Gasteiger partial charge on any atom is 0.230 e. The summed E-state index contributed by atoms with van der Waals surface area (Å²) in [6.45, 7) is 3.63. The zero-order valence-electron chi connectivity index (χ0n) is 12.5. The Morgan fingerprint density at radius 3 is 2.64 bits per heavy atom. The molecule has 0 bridgehead atoms. The molecule has 112 valence electrons. The molecular formula is C17H17N3O2. The Kier molecular flexibility index (Phi) is 3.73. The van der Waals surface area contributed by atoms with Gasteiger partial charge in [-0.15, -0.1) is 0 Å². The summed E-state index contributed by atoms with van der Waals surface area (Å²) in [5, 5.41) is 14.6. The normalized spacial score (nSPS) is 13.8. The summed E-state index contributed by atoms with van der Waals surface area (Å²) in [6, 6.07) is 13.2. The van der Waals surface area contributed by atoms with Crippen LogP contribution in [0.1, 0.15) is 24.1 Å². The molecule has 2 aromatic heterocycles. The summed E-state index contributed by atoms with van der Waals surface area (Å²) in [5.74, 6) is 0.886. The molecule has 0 saturated heterocycles. The summed E-state index contributed by atoms with van der Waals surface area (Å²) in [4.78, 5) is 8.59. The van der Waals surface area contributed by atoms with Gasteiger partial charge in [0, 0.05) is 17.5 Å². The molecule has 0 amide bonds. The molecule has 0 saturated carbocycles. The largest absolute Gasteiger partial charge is 0.385 e. The van der Waals surface area contributed by atoms with Crippen LogP contribution in [0.3, 0.4) is 0 Å². The zero-order chi connectivity index (χ0) is 15.6. The Balaban J connectivity index is 1.85. The van der Waals surface area contributed by atoms with Gasteiger partial charge in [0.25, 0.3) is 0 Å². The maximum atomic E-state index is 10.6. The van der Waals surface area contributed by atoms with Crippen molar-refractivity contribution < 1.29 is 9.63 Å². The zero-order valence-corrected chi connectivity index (χ0v) is 12.5. The number of aryl methyl sites for hydroxylation is 1. The lowest BCUT2D eigenvalue weighted by molar-refractivity contribution is 0.0490. The molecule has 22 heavy (non-hydrogen) atoms. The molecule has 5 heteroatoms. The van der Waals surface area contributed by atoms with Gasteiger partial charge in [-0.1, -0.05) is 35.5 Å². The van der Waals surface area contributed by atoms with Crippen LogP contribution < -0.4 is 0 Å². The van der Waals surface area contributed by atoms with Crippen LogP contribution in [0.25, 0.3) is 11.4 Å². The molecule has 5 nitrogen and oxygen atoms in total. The Labute approximate surface area is 128 Å². The highest BCUT2D eigenvalue weighted by Gasteiger charge is 2.26. The topological polar surface area (TPSA) is 72.0 Å². The fourth-order valence-corrected chi connectivity index (χ4v) is 2.35. The predicted octanol–water partition coefficient (Wildman–Crippen LogP) is 2.89. The first kappa shape index (κ1) is 14.4. The second kappa shape index (κ2) is 5.69. The molecule has 1 atom stereocenters. The molecule has 1 N–H and O–H groups in total. The second-order valence-corrected chi connectivity index (χ2v) is 5.46. The quantitative estimate of drug-likeness (QED) is 0.801. The molecule has 0 aliphatic heterocycles. The summed E-state index contributed by atoms with van der Waals surface area (Å²) in [6.07, 6.45) is 1.98. The average Bonchev–Trinajstić information content (AvgIpc) is 2.96. The summed E-state index contributed by atoms with van der Waals surface area (Å²) >= 11 is 0. The van der Waals surface area contributed by atoms with E-state index in [1.807, 2.05) is 49.4 Å². The third kappa shape index (κ3) is 2.89. The van der Waals surface area contributed by atoms with Crippen molar-refractivity contribution in [1.82, 2.24) is 15.1 Å². The van der Waals surface area contributed by atoms with Crippen LogP contribution in [0, 0.1) is 6.92 Å². The van der Waals surface area contributed by atoms with Crippen LogP contribution in [-0.4, -0.2) is 20.2 Å². The Bertz CT molecular complexity index is 766. The van der Waals surface area contributed by atoms with E-state index in [1.165, 1.54) is 0 Å². The number of benzene rings is 1. The van der Waals surface area contributed by atoms with Gasteiger partial charge in [0.15, 0.2) is 0 Å². The van der Waals surface area contributed by atoms with Crippen LogP contribution >= 0.6 is 0 Å². The van der Waals surface area contributed by atoms with Crippen molar-refractivity contribution in [2.75, 3.05) is 0 Å². The van der Waals surface area contributed by atoms with Gasteiger partial charge < -0.3 is 9.63 Å². The lowest BCUT2D eigenvalue weighted by Gasteiger charge is -2.21. The molecular weight excluding hydrogens is 278 g/mol. The van der Waals surface area contributed by atoms with Crippen molar-refractivity contribution in [1.29, 1.82) is 0 Å². The van der Waals surface area contributed by atoms with Gasteiger partial charge in [0.2, 0.25) is 11.7 Å². The minimum absolute atomic E-state index is 0.253. The minimum atomic E-state index is -1.06. The molecule has 1 unspecified atom stereocenters. The number of rotatable bonds is 4. The van der Waals surface area contributed by atoms with E-state index in [-0.39, 0.29) is 6.42 Å². The van der Waals surface area contributed by atoms with E-state index >= 15 is 0 Å². The Morgan fingerprint density at radius 1 is 1.14 bits per heavy atom. The molecule has 0 aliphatic carbocycles. The summed E-state index contributed by atoms with van der Waals surface area (Å²) < 4.78 is 5.28. The standard InChI is InChI=1S/C17H17N3O2/c1-12-14(9-6-10-18-12)16-19-15(22-20-16)11-17(2,21)13-7-4-3-5-8-13/h3-10,21H,11H2,1-2H3. The van der Waals surface area contributed by atoms with Crippen molar-refractivity contribution in [3.63, 3.8) is 0 Å². The van der Waals surface area contributed by atoms with Crippen LogP contribution in [0.4, 0.5) is 0 Å². The van der Waals surface area contributed by atoms with Crippen LogP contribution in [0.15, 0.2) is 53.2 Å². The van der Waals surface area contributed by atoms with E-state index in [9.17, 15) is 5.11 Å². The fraction of sp³-hybridized carbons (Fsp3) is 0.235. The van der Waals surface area contributed by atoms with E-state index in [4.69, 9.17) is 4.52 Å². The highest BCUT2D eigenvalue weighted by Crippen LogP contribution is 2.26.